The highest BCUT2D eigenvalue weighted by molar-refractivity contribution is 8.00. The number of nitrogens with zero attached hydrogens (tertiary/aromatic N) is 2. The van der Waals surface area contributed by atoms with Gasteiger partial charge in [-0.25, -0.2) is 9.97 Å². The van der Waals surface area contributed by atoms with E-state index >= 15 is 0 Å². The number of esters is 1. The molecule has 1 fully saturated rings. The molecule has 0 radical (unpaired) electrons. The topological polar surface area (TPSA) is 52.1 Å². The summed E-state index contributed by atoms with van der Waals surface area (Å²) >= 11 is 3.12. The van der Waals surface area contributed by atoms with E-state index in [0.29, 0.717) is 0 Å². The van der Waals surface area contributed by atoms with Gasteiger partial charge in [-0.1, -0.05) is 48.5 Å². The second-order valence-electron chi connectivity index (χ2n) is 6.80. The van der Waals surface area contributed by atoms with Gasteiger partial charge in [0.15, 0.2) is 0 Å². The molecule has 3 aromatic rings. The molecule has 0 bridgehead atoms. The van der Waals surface area contributed by atoms with Gasteiger partial charge in [0.25, 0.3) is 0 Å². The largest absolute Gasteiger partial charge is 0.462 e. The van der Waals surface area contributed by atoms with E-state index in [0.717, 1.165) is 46.5 Å². The van der Waals surface area contributed by atoms with Crippen LogP contribution in [0.3, 0.4) is 0 Å². The molecule has 0 N–H and O–H groups in total. The van der Waals surface area contributed by atoms with Crippen LogP contribution >= 0.6 is 23.1 Å². The number of hydrogen-bond acceptors (Lipinski definition) is 6. The maximum Gasteiger partial charge on any atom is 0.316 e. The zero-order chi connectivity index (χ0) is 18.6. The number of aryl methyl sites for hydroxylation is 1. The Morgan fingerprint density at radius 3 is 2.74 bits per heavy atom. The van der Waals surface area contributed by atoms with Crippen LogP contribution in [0.5, 0.6) is 0 Å². The van der Waals surface area contributed by atoms with Crippen molar-refractivity contribution in [2.45, 2.75) is 50.2 Å². The monoisotopic (exact) mass is 398 g/mol. The van der Waals surface area contributed by atoms with E-state index in [1.54, 1.807) is 17.7 Å². The minimum atomic E-state index is -0.146. The number of rotatable bonds is 5. The summed E-state index contributed by atoms with van der Waals surface area (Å²) in [5, 5.41) is 1.89. The Bertz CT molecular complexity index is 934. The first-order valence-corrected chi connectivity index (χ1v) is 11.1. The Kier molecular flexibility index (Phi) is 5.74. The number of benzene rings is 1. The molecule has 4 rings (SSSR count). The number of thiophene rings is 1. The predicted octanol–water partition coefficient (Wildman–Crippen LogP) is 5.63. The van der Waals surface area contributed by atoms with Gasteiger partial charge in [0.05, 0.1) is 11.1 Å². The molecule has 2 heterocycles. The van der Waals surface area contributed by atoms with Crippen LogP contribution in [0.25, 0.3) is 21.3 Å². The van der Waals surface area contributed by atoms with Crippen molar-refractivity contribution in [3.8, 4) is 11.1 Å². The Morgan fingerprint density at radius 1 is 1.19 bits per heavy atom. The average molecular weight is 399 g/mol. The third-order valence-corrected chi connectivity index (χ3v) is 6.85. The maximum atomic E-state index is 12.3. The van der Waals surface area contributed by atoms with Crippen molar-refractivity contribution in [3.63, 3.8) is 0 Å². The summed E-state index contributed by atoms with van der Waals surface area (Å²) in [6.07, 6.45) is 7.24. The van der Waals surface area contributed by atoms with Crippen LogP contribution in [0.15, 0.2) is 41.7 Å². The number of carbonyl (C=O) groups is 1. The van der Waals surface area contributed by atoms with E-state index in [4.69, 9.17) is 4.74 Å². The van der Waals surface area contributed by atoms with Crippen LogP contribution in [0.1, 0.15) is 37.0 Å². The molecule has 140 valence electrons. The highest BCUT2D eigenvalue weighted by Gasteiger charge is 2.20. The van der Waals surface area contributed by atoms with E-state index < -0.39 is 0 Å². The minimum Gasteiger partial charge on any atom is -0.462 e. The first-order chi connectivity index (χ1) is 13.2. The van der Waals surface area contributed by atoms with Crippen molar-refractivity contribution in [1.29, 1.82) is 0 Å². The molecule has 2 aromatic heterocycles. The van der Waals surface area contributed by atoms with E-state index in [1.807, 2.05) is 18.2 Å². The van der Waals surface area contributed by atoms with Crippen LogP contribution in [0.4, 0.5) is 0 Å². The van der Waals surface area contributed by atoms with Crippen LogP contribution in [0, 0.1) is 6.92 Å². The predicted molar refractivity (Wildman–Crippen MR) is 111 cm³/mol. The van der Waals surface area contributed by atoms with Gasteiger partial charge < -0.3 is 4.74 Å². The molecule has 0 amide bonds. The van der Waals surface area contributed by atoms with Gasteiger partial charge in [-0.2, -0.15) is 0 Å². The Morgan fingerprint density at radius 2 is 1.96 bits per heavy atom. The number of hydrogen-bond donors (Lipinski definition) is 0. The molecule has 1 aliphatic carbocycles. The molecule has 6 heteroatoms. The molecule has 1 saturated carbocycles. The van der Waals surface area contributed by atoms with Gasteiger partial charge in [0.1, 0.15) is 22.3 Å². The van der Waals surface area contributed by atoms with Crippen LogP contribution in [0.2, 0.25) is 0 Å². The van der Waals surface area contributed by atoms with Gasteiger partial charge in [-0.3, -0.25) is 4.79 Å². The second-order valence-corrected chi connectivity index (χ2v) is 8.96. The molecule has 0 atom stereocenters. The number of ether oxygens (including phenoxy) is 1. The first kappa shape index (κ1) is 18.4. The summed E-state index contributed by atoms with van der Waals surface area (Å²) in [4.78, 5) is 23.4. The molecule has 1 aromatic carbocycles. The van der Waals surface area contributed by atoms with Crippen molar-refractivity contribution in [2.75, 3.05) is 5.75 Å². The SMILES string of the molecule is Cc1sc2ncnc(SCC(=O)OC3CCCCC3)c2c1-c1ccccc1. The summed E-state index contributed by atoms with van der Waals surface area (Å²) in [6, 6.07) is 10.3. The van der Waals surface area contributed by atoms with Crippen LogP contribution in [-0.4, -0.2) is 27.8 Å². The Hall–Kier alpha value is -1.92. The number of thioether (sulfide) groups is 1. The lowest BCUT2D eigenvalue weighted by molar-refractivity contribution is -0.147. The van der Waals surface area contributed by atoms with Crippen molar-refractivity contribution >= 4 is 39.3 Å². The molecule has 0 aliphatic heterocycles. The first-order valence-electron chi connectivity index (χ1n) is 9.34. The highest BCUT2D eigenvalue weighted by Crippen LogP contribution is 2.41. The van der Waals surface area contributed by atoms with Crippen LogP contribution < -0.4 is 0 Å². The number of carbonyl (C=O) groups excluding carboxylic acids is 1. The van der Waals surface area contributed by atoms with Crippen molar-refractivity contribution in [2.24, 2.45) is 0 Å². The minimum absolute atomic E-state index is 0.0977. The van der Waals surface area contributed by atoms with Crippen LogP contribution in [-0.2, 0) is 9.53 Å². The zero-order valence-corrected chi connectivity index (χ0v) is 16.9. The molecule has 0 saturated heterocycles. The average Bonchev–Trinajstić information content (AvgIpc) is 3.04. The molecular formula is C21H22N2O2S2. The lowest BCUT2D eigenvalue weighted by Gasteiger charge is -2.21. The van der Waals surface area contributed by atoms with Gasteiger partial charge in [0, 0.05) is 10.4 Å². The van der Waals surface area contributed by atoms with Gasteiger partial charge >= 0.3 is 5.97 Å². The summed E-state index contributed by atoms with van der Waals surface area (Å²) < 4.78 is 5.64. The summed E-state index contributed by atoms with van der Waals surface area (Å²) in [7, 11) is 0. The summed E-state index contributed by atoms with van der Waals surface area (Å²) in [5.41, 5.74) is 2.32. The molecular weight excluding hydrogens is 376 g/mol. The fourth-order valence-corrected chi connectivity index (χ4v) is 5.47. The zero-order valence-electron chi connectivity index (χ0n) is 15.3. The third-order valence-electron chi connectivity index (χ3n) is 4.87. The standard InChI is InChI=1S/C21H22N2O2S2/c1-14-18(15-8-4-2-5-9-15)19-20(22-13-23-21(19)27-14)26-12-17(24)25-16-10-6-3-7-11-16/h2,4-5,8-9,13,16H,3,6-7,10-12H2,1H3. The van der Waals surface area contributed by atoms with Crippen molar-refractivity contribution < 1.29 is 9.53 Å². The molecule has 4 nitrogen and oxygen atoms in total. The molecule has 0 unspecified atom stereocenters. The van der Waals surface area contributed by atoms with E-state index in [9.17, 15) is 4.79 Å². The summed E-state index contributed by atoms with van der Waals surface area (Å²) in [6.45, 7) is 2.11. The molecule has 27 heavy (non-hydrogen) atoms. The van der Waals surface area contributed by atoms with E-state index in [1.165, 1.54) is 28.6 Å². The van der Waals surface area contributed by atoms with Gasteiger partial charge in [-0.15, -0.1) is 11.3 Å². The third kappa shape index (κ3) is 4.17. The van der Waals surface area contributed by atoms with Crippen molar-refractivity contribution in [1.82, 2.24) is 9.97 Å². The Balaban J connectivity index is 1.56. The quantitative estimate of drug-likeness (QED) is 0.316. The highest BCUT2D eigenvalue weighted by atomic mass is 32.2. The summed E-state index contributed by atoms with van der Waals surface area (Å²) in [5.74, 6) is 0.137. The fourth-order valence-electron chi connectivity index (χ4n) is 3.61. The second kappa shape index (κ2) is 8.40. The normalized spacial score (nSPS) is 15.1. The Labute approximate surface area is 167 Å². The van der Waals surface area contributed by atoms with E-state index in [-0.39, 0.29) is 17.8 Å². The molecule has 0 spiro atoms. The van der Waals surface area contributed by atoms with E-state index in [2.05, 4.69) is 29.0 Å². The lowest BCUT2D eigenvalue weighted by atomic mass is 9.98. The fraction of sp³-hybridized carbons (Fsp3) is 0.381. The smallest absolute Gasteiger partial charge is 0.316 e. The maximum absolute atomic E-state index is 12.3. The van der Waals surface area contributed by atoms with Gasteiger partial charge in [-0.05, 0) is 38.2 Å². The number of aromatic nitrogens is 2. The molecule has 1 aliphatic rings. The lowest BCUT2D eigenvalue weighted by Crippen LogP contribution is -2.21. The van der Waals surface area contributed by atoms with Crippen molar-refractivity contribution in [3.05, 3.63) is 41.5 Å². The number of fused-ring (bicyclic) bond motifs is 1. The van der Waals surface area contributed by atoms with Gasteiger partial charge in [0.2, 0.25) is 0 Å².